The summed E-state index contributed by atoms with van der Waals surface area (Å²) in [5, 5.41) is 9.53. The van der Waals surface area contributed by atoms with Crippen molar-refractivity contribution in [1.82, 2.24) is 4.90 Å². The number of carboxylic acids is 1. The highest BCUT2D eigenvalue weighted by Gasteiger charge is 2.33. The van der Waals surface area contributed by atoms with Crippen LogP contribution in [0.2, 0.25) is 0 Å². The number of aliphatic carboxylic acids is 1. The van der Waals surface area contributed by atoms with E-state index in [-0.39, 0.29) is 12.1 Å². The van der Waals surface area contributed by atoms with Crippen molar-refractivity contribution in [3.63, 3.8) is 0 Å². The molecule has 0 aromatic heterocycles. The molecule has 2 rings (SSSR count). The van der Waals surface area contributed by atoms with Gasteiger partial charge in [-0.1, -0.05) is 56.0 Å². The third-order valence-corrected chi connectivity index (χ3v) is 4.52. The van der Waals surface area contributed by atoms with E-state index in [2.05, 4.69) is 43.0 Å². The maximum Gasteiger partial charge on any atom is 0.320 e. The monoisotopic (exact) mass is 289 g/mol. The number of benzene rings is 1. The number of hydrogen-bond donors (Lipinski definition) is 1. The van der Waals surface area contributed by atoms with Gasteiger partial charge in [0.15, 0.2) is 0 Å². The summed E-state index contributed by atoms with van der Waals surface area (Å²) in [6.07, 6.45) is 6.25. The number of likely N-dealkylation sites (tertiary alicyclic amines) is 1. The number of hydrogen-bond acceptors (Lipinski definition) is 2. The standard InChI is InChI=1S/C18H27NO2/c1-3-4-7-16(15-11-9-14(2)10-12-15)19-13-6-5-8-17(19)18(20)21/h9-12,16-17H,3-8,13H2,1-2H3,(H,20,21). The molecule has 21 heavy (non-hydrogen) atoms. The Balaban J connectivity index is 2.24. The molecule has 1 N–H and O–H groups in total. The predicted octanol–water partition coefficient (Wildman–Crippen LogP) is 4.17. The SMILES string of the molecule is CCCCC(c1ccc(C)cc1)N1CCCCC1C(=O)O. The van der Waals surface area contributed by atoms with Crippen LogP contribution in [0.4, 0.5) is 0 Å². The topological polar surface area (TPSA) is 40.5 Å². The van der Waals surface area contributed by atoms with Crippen molar-refractivity contribution >= 4 is 5.97 Å². The summed E-state index contributed by atoms with van der Waals surface area (Å²) in [5.41, 5.74) is 2.52. The zero-order valence-electron chi connectivity index (χ0n) is 13.2. The van der Waals surface area contributed by atoms with E-state index in [1.807, 2.05) is 0 Å². The number of aryl methyl sites for hydroxylation is 1. The lowest BCUT2D eigenvalue weighted by atomic mass is 9.93. The zero-order chi connectivity index (χ0) is 15.2. The molecule has 2 atom stereocenters. The Morgan fingerprint density at radius 1 is 1.33 bits per heavy atom. The molecule has 1 aliphatic rings. The summed E-state index contributed by atoms with van der Waals surface area (Å²) < 4.78 is 0. The summed E-state index contributed by atoms with van der Waals surface area (Å²) >= 11 is 0. The quantitative estimate of drug-likeness (QED) is 0.854. The van der Waals surface area contributed by atoms with Gasteiger partial charge in [-0.3, -0.25) is 9.69 Å². The van der Waals surface area contributed by atoms with Crippen molar-refractivity contribution in [3.05, 3.63) is 35.4 Å². The fourth-order valence-corrected chi connectivity index (χ4v) is 3.30. The van der Waals surface area contributed by atoms with E-state index in [1.165, 1.54) is 11.1 Å². The van der Waals surface area contributed by atoms with Crippen LogP contribution < -0.4 is 0 Å². The highest BCUT2D eigenvalue weighted by Crippen LogP contribution is 2.32. The minimum Gasteiger partial charge on any atom is -0.480 e. The molecule has 0 aliphatic carbocycles. The van der Waals surface area contributed by atoms with E-state index in [1.54, 1.807) is 0 Å². The van der Waals surface area contributed by atoms with Gasteiger partial charge in [0.05, 0.1) is 0 Å². The zero-order valence-corrected chi connectivity index (χ0v) is 13.2. The Morgan fingerprint density at radius 3 is 2.67 bits per heavy atom. The molecule has 1 fully saturated rings. The summed E-state index contributed by atoms with van der Waals surface area (Å²) in [6, 6.07) is 8.53. The second-order valence-corrected chi connectivity index (χ2v) is 6.16. The average Bonchev–Trinajstić information content (AvgIpc) is 2.49. The van der Waals surface area contributed by atoms with Gasteiger partial charge in [-0.15, -0.1) is 0 Å². The Bertz CT molecular complexity index is 455. The van der Waals surface area contributed by atoms with E-state index in [4.69, 9.17) is 0 Å². The molecule has 0 radical (unpaired) electrons. The summed E-state index contributed by atoms with van der Waals surface area (Å²) in [4.78, 5) is 13.8. The number of carboxylic acid groups (broad SMARTS) is 1. The summed E-state index contributed by atoms with van der Waals surface area (Å²) in [7, 11) is 0. The largest absolute Gasteiger partial charge is 0.480 e. The minimum absolute atomic E-state index is 0.243. The molecule has 1 aliphatic heterocycles. The van der Waals surface area contributed by atoms with Crippen molar-refractivity contribution in [2.75, 3.05) is 6.54 Å². The van der Waals surface area contributed by atoms with Gasteiger partial charge in [-0.25, -0.2) is 0 Å². The smallest absolute Gasteiger partial charge is 0.320 e. The lowest BCUT2D eigenvalue weighted by molar-refractivity contribution is -0.146. The molecule has 0 bridgehead atoms. The first-order chi connectivity index (χ1) is 10.1. The number of piperidine rings is 1. The highest BCUT2D eigenvalue weighted by atomic mass is 16.4. The van der Waals surface area contributed by atoms with Gasteiger partial charge in [0.25, 0.3) is 0 Å². The van der Waals surface area contributed by atoms with Crippen LogP contribution in [0.5, 0.6) is 0 Å². The van der Waals surface area contributed by atoms with Crippen molar-refractivity contribution < 1.29 is 9.90 Å². The third-order valence-electron chi connectivity index (χ3n) is 4.52. The first-order valence-corrected chi connectivity index (χ1v) is 8.18. The maximum atomic E-state index is 11.6. The molecule has 1 aromatic carbocycles. The van der Waals surface area contributed by atoms with Crippen LogP contribution in [-0.2, 0) is 4.79 Å². The first kappa shape index (κ1) is 16.0. The van der Waals surface area contributed by atoms with Crippen LogP contribution in [0.3, 0.4) is 0 Å². The fraction of sp³-hybridized carbons (Fsp3) is 0.611. The van der Waals surface area contributed by atoms with Crippen LogP contribution in [0.25, 0.3) is 0 Å². The Labute approximate surface area is 128 Å². The van der Waals surface area contributed by atoms with E-state index in [9.17, 15) is 9.90 Å². The summed E-state index contributed by atoms with van der Waals surface area (Å²) in [6.45, 7) is 5.18. The molecule has 3 heteroatoms. The molecular weight excluding hydrogens is 262 g/mol. The van der Waals surface area contributed by atoms with Crippen LogP contribution in [0, 0.1) is 6.92 Å². The van der Waals surface area contributed by atoms with Gasteiger partial charge in [0, 0.05) is 6.04 Å². The number of nitrogens with zero attached hydrogens (tertiary/aromatic N) is 1. The Hall–Kier alpha value is -1.35. The Kier molecular flexibility index (Phi) is 5.80. The van der Waals surface area contributed by atoms with Crippen molar-refractivity contribution in [1.29, 1.82) is 0 Å². The predicted molar refractivity (Wildman–Crippen MR) is 85.4 cm³/mol. The number of unbranched alkanes of at least 4 members (excludes halogenated alkanes) is 1. The molecule has 0 saturated carbocycles. The minimum atomic E-state index is -0.664. The Morgan fingerprint density at radius 2 is 2.05 bits per heavy atom. The van der Waals surface area contributed by atoms with Crippen LogP contribution >= 0.6 is 0 Å². The van der Waals surface area contributed by atoms with Crippen LogP contribution in [0.15, 0.2) is 24.3 Å². The second kappa shape index (κ2) is 7.60. The molecule has 1 heterocycles. The molecule has 2 unspecified atom stereocenters. The van der Waals surface area contributed by atoms with E-state index in [0.717, 1.165) is 45.1 Å². The van der Waals surface area contributed by atoms with Crippen LogP contribution in [0.1, 0.15) is 62.6 Å². The summed E-state index contributed by atoms with van der Waals surface area (Å²) in [5.74, 6) is -0.664. The molecule has 0 spiro atoms. The van der Waals surface area contributed by atoms with Gasteiger partial charge in [-0.2, -0.15) is 0 Å². The van der Waals surface area contributed by atoms with E-state index >= 15 is 0 Å². The van der Waals surface area contributed by atoms with Gasteiger partial charge in [-0.05, 0) is 38.3 Å². The normalized spacial score (nSPS) is 21.1. The third kappa shape index (κ3) is 4.07. The fourth-order valence-electron chi connectivity index (χ4n) is 3.30. The highest BCUT2D eigenvalue weighted by molar-refractivity contribution is 5.73. The second-order valence-electron chi connectivity index (χ2n) is 6.16. The molecule has 1 aromatic rings. The van der Waals surface area contributed by atoms with Gasteiger partial charge >= 0.3 is 5.97 Å². The molecule has 0 amide bonds. The van der Waals surface area contributed by atoms with Gasteiger partial charge in [0.1, 0.15) is 6.04 Å². The van der Waals surface area contributed by atoms with Crippen molar-refractivity contribution in [3.8, 4) is 0 Å². The molecule has 116 valence electrons. The molecular formula is C18H27NO2. The number of carbonyl (C=O) groups is 1. The lowest BCUT2D eigenvalue weighted by Gasteiger charge is -2.39. The average molecular weight is 289 g/mol. The van der Waals surface area contributed by atoms with Crippen LogP contribution in [-0.4, -0.2) is 28.6 Å². The van der Waals surface area contributed by atoms with E-state index < -0.39 is 5.97 Å². The van der Waals surface area contributed by atoms with E-state index in [0.29, 0.717) is 0 Å². The van der Waals surface area contributed by atoms with Gasteiger partial charge in [0.2, 0.25) is 0 Å². The lowest BCUT2D eigenvalue weighted by Crippen LogP contribution is -2.46. The van der Waals surface area contributed by atoms with Crippen molar-refractivity contribution in [2.24, 2.45) is 0 Å². The van der Waals surface area contributed by atoms with Gasteiger partial charge < -0.3 is 5.11 Å². The molecule has 3 nitrogen and oxygen atoms in total. The first-order valence-electron chi connectivity index (χ1n) is 8.18. The maximum absolute atomic E-state index is 11.6. The molecule has 1 saturated heterocycles. The van der Waals surface area contributed by atoms with Crippen molar-refractivity contribution in [2.45, 2.75) is 64.5 Å². The number of rotatable bonds is 6.